The molecule has 2 aromatic heterocycles. The van der Waals surface area contributed by atoms with Gasteiger partial charge in [0.25, 0.3) is 5.91 Å². The first-order chi connectivity index (χ1) is 24.4. The summed E-state index contributed by atoms with van der Waals surface area (Å²) in [7, 11) is -4.80. The van der Waals surface area contributed by atoms with Crippen LogP contribution in [-0.4, -0.2) is 96.9 Å². The number of phosphoric acid groups is 1. The van der Waals surface area contributed by atoms with E-state index in [0.29, 0.717) is 27.8 Å². The average Bonchev–Trinajstić information content (AvgIpc) is 3.71. The molecule has 0 fully saturated rings. The molecule has 2 unspecified atom stereocenters. The van der Waals surface area contributed by atoms with Gasteiger partial charge in [-0.15, -0.1) is 0 Å². The van der Waals surface area contributed by atoms with E-state index in [1.54, 1.807) is 55.6 Å². The monoisotopic (exact) mass is 755 g/mol. The molecule has 53 heavy (non-hydrogen) atoms. The molecule has 2 radical (unpaired) electrons. The van der Waals surface area contributed by atoms with Crippen molar-refractivity contribution in [3.8, 4) is 0 Å². The van der Waals surface area contributed by atoms with Crippen LogP contribution in [0.3, 0.4) is 0 Å². The van der Waals surface area contributed by atoms with E-state index >= 15 is 0 Å². The van der Waals surface area contributed by atoms with Crippen molar-refractivity contribution in [1.29, 1.82) is 0 Å². The summed E-state index contributed by atoms with van der Waals surface area (Å²) in [5.74, 6) is -0.532. The molecule has 2 amide bonds. The van der Waals surface area contributed by atoms with Crippen molar-refractivity contribution >= 4 is 107 Å². The molecule has 2 atom stereocenters. The number of benzene rings is 4. The molecule has 0 aliphatic rings. The Hall–Kier alpha value is -3.52. The summed E-state index contributed by atoms with van der Waals surface area (Å²) in [4.78, 5) is 60.0. The topological polar surface area (TPSA) is 169 Å². The third-order valence-electron chi connectivity index (χ3n) is 8.54. The number of amides is 2. The first-order valence-electron chi connectivity index (χ1n) is 16.1. The summed E-state index contributed by atoms with van der Waals surface area (Å²) in [5.41, 5.74) is 1.49. The van der Waals surface area contributed by atoms with Gasteiger partial charge in [-0.05, 0) is 54.8 Å². The minimum atomic E-state index is -4.80. The number of nitrogens with one attached hydrogen (secondary N) is 2. The first kappa shape index (κ1) is 42.2. The van der Waals surface area contributed by atoms with Gasteiger partial charge in [-0.1, -0.05) is 84.9 Å². The summed E-state index contributed by atoms with van der Waals surface area (Å²) >= 11 is 0. The van der Waals surface area contributed by atoms with Crippen LogP contribution < -0.4 is 10.6 Å². The van der Waals surface area contributed by atoms with E-state index in [0.717, 1.165) is 10.9 Å². The van der Waals surface area contributed by atoms with Gasteiger partial charge in [0.15, 0.2) is 6.61 Å². The molecule has 0 saturated carbocycles. The van der Waals surface area contributed by atoms with Crippen LogP contribution in [0.5, 0.6) is 0 Å². The molecule has 2 heterocycles. The SMILES string of the molecule is CC(NC(=O)C(C)(Cc1cn(C(=O)c2ccccc2COP(=O)(O)O)c2ccccc12)NC(=O)OCc1cc2ccccc2o1)c1ccccc1.[Na].[Na]. The van der Waals surface area contributed by atoms with Crippen LogP contribution in [-0.2, 0) is 38.3 Å². The molecule has 4 N–H and O–H groups in total. The van der Waals surface area contributed by atoms with Gasteiger partial charge in [0, 0.05) is 88.1 Å². The maximum atomic E-state index is 14.1. The second-order valence-corrected chi connectivity index (χ2v) is 13.6. The smallest absolute Gasteiger partial charge is 0.457 e. The molecule has 0 saturated heterocycles. The number of ether oxygens (including phenoxy) is 1. The summed E-state index contributed by atoms with van der Waals surface area (Å²) in [5, 5.41) is 7.30. The third kappa shape index (κ3) is 10.4. The molecular formula is C38H36N3Na2O9P. The van der Waals surface area contributed by atoms with Crippen molar-refractivity contribution in [1.82, 2.24) is 15.2 Å². The predicted molar refractivity (Wildman–Crippen MR) is 201 cm³/mol. The predicted octanol–water partition coefficient (Wildman–Crippen LogP) is 6.03. The number of fused-ring (bicyclic) bond motifs is 2. The Bertz CT molecular complexity index is 2240. The Balaban J connectivity index is 0.00000314. The number of para-hydroxylation sites is 2. The van der Waals surface area contributed by atoms with Crippen LogP contribution in [0.2, 0.25) is 0 Å². The maximum absolute atomic E-state index is 14.1. The molecule has 12 nitrogen and oxygen atoms in total. The Labute approximate surface area is 350 Å². The fraction of sp³-hybridized carbons (Fsp3) is 0.184. The van der Waals surface area contributed by atoms with Crippen molar-refractivity contribution in [3.05, 3.63) is 143 Å². The maximum Gasteiger partial charge on any atom is 0.469 e. The summed E-state index contributed by atoms with van der Waals surface area (Å²) in [6.45, 7) is 2.77. The van der Waals surface area contributed by atoms with Gasteiger partial charge >= 0.3 is 13.9 Å². The van der Waals surface area contributed by atoms with E-state index in [1.807, 2.05) is 67.6 Å². The normalized spacial score (nSPS) is 12.9. The zero-order valence-electron chi connectivity index (χ0n) is 29.8. The van der Waals surface area contributed by atoms with E-state index in [1.165, 1.54) is 10.6 Å². The molecule has 6 aromatic rings. The second-order valence-electron chi connectivity index (χ2n) is 12.3. The molecule has 6 rings (SSSR count). The number of furan rings is 1. The quantitative estimate of drug-likeness (QED) is 0.0861. The summed E-state index contributed by atoms with van der Waals surface area (Å²) in [6, 6.07) is 31.6. The fourth-order valence-corrected chi connectivity index (χ4v) is 6.25. The molecule has 0 spiro atoms. The standard InChI is InChI=1S/C38H36N3O9P.2Na/c1-25(26-12-4-3-5-13-26)39-36(43)38(2,40-37(44)48-24-30-20-27-14-7-11-19-34(27)50-30)21-29-22-41(33-18-10-9-16-31(29)33)35(42)32-17-8-6-15-28(32)23-49-51(45,46)47;;/h3-20,22,25H,21,23-24H2,1-2H3,(H,39,43)(H,40,44)(H2,45,46,47);;. The zero-order valence-corrected chi connectivity index (χ0v) is 34.7. The van der Waals surface area contributed by atoms with Gasteiger partial charge in [-0.25, -0.2) is 9.36 Å². The Morgan fingerprint density at radius 2 is 1.53 bits per heavy atom. The third-order valence-corrected chi connectivity index (χ3v) is 9.01. The number of aromatic nitrogens is 1. The summed E-state index contributed by atoms with van der Waals surface area (Å²) in [6.07, 6.45) is 0.713. The number of hydrogen-bond donors (Lipinski definition) is 4. The number of carbonyl (C=O) groups excluding carboxylic acids is 3. The van der Waals surface area contributed by atoms with Crippen molar-refractivity contribution in [3.63, 3.8) is 0 Å². The number of rotatable bonds is 12. The van der Waals surface area contributed by atoms with E-state index in [2.05, 4.69) is 10.6 Å². The van der Waals surface area contributed by atoms with Crippen LogP contribution in [0.4, 0.5) is 4.79 Å². The Kier molecular flexibility index (Phi) is 14.5. The van der Waals surface area contributed by atoms with E-state index in [9.17, 15) is 28.7 Å². The second kappa shape index (κ2) is 18.2. The van der Waals surface area contributed by atoms with Gasteiger partial charge in [0.05, 0.1) is 18.2 Å². The van der Waals surface area contributed by atoms with Crippen molar-refractivity contribution in [2.75, 3.05) is 0 Å². The van der Waals surface area contributed by atoms with Gasteiger partial charge < -0.3 is 29.6 Å². The molecule has 0 bridgehead atoms. The van der Waals surface area contributed by atoms with E-state index in [-0.39, 0.29) is 83.3 Å². The number of alkyl carbamates (subject to hydrolysis) is 1. The zero-order chi connectivity index (χ0) is 36.2. The van der Waals surface area contributed by atoms with Crippen LogP contribution in [0, 0.1) is 0 Å². The molecule has 0 aliphatic heterocycles. The van der Waals surface area contributed by atoms with Gasteiger partial charge in [0.1, 0.15) is 16.9 Å². The number of nitrogens with zero attached hydrogens (tertiary/aromatic N) is 1. The molecule has 15 heteroatoms. The number of hydrogen-bond acceptors (Lipinski definition) is 7. The van der Waals surface area contributed by atoms with Crippen LogP contribution in [0.15, 0.2) is 120 Å². The van der Waals surface area contributed by atoms with Crippen LogP contribution in [0.25, 0.3) is 21.9 Å². The molecule has 4 aromatic carbocycles. The van der Waals surface area contributed by atoms with Crippen molar-refractivity contribution in [2.24, 2.45) is 0 Å². The average molecular weight is 756 g/mol. The van der Waals surface area contributed by atoms with Crippen LogP contribution in [0.1, 0.15) is 52.7 Å². The van der Waals surface area contributed by atoms with E-state index < -0.39 is 43.9 Å². The summed E-state index contributed by atoms with van der Waals surface area (Å²) < 4.78 is 28.8. The van der Waals surface area contributed by atoms with Gasteiger partial charge in [-0.2, -0.15) is 0 Å². The number of carbonyl (C=O) groups is 3. The Morgan fingerprint density at radius 3 is 2.26 bits per heavy atom. The van der Waals surface area contributed by atoms with Crippen LogP contribution >= 0.6 is 7.82 Å². The number of phosphoric ester groups is 1. The van der Waals surface area contributed by atoms with Crippen molar-refractivity contribution < 1.29 is 42.4 Å². The van der Waals surface area contributed by atoms with E-state index in [4.69, 9.17) is 13.7 Å². The largest absolute Gasteiger partial charge is 0.469 e. The minimum absolute atomic E-state index is 0. The minimum Gasteiger partial charge on any atom is -0.457 e. The van der Waals surface area contributed by atoms with Gasteiger partial charge in [0.2, 0.25) is 5.91 Å². The van der Waals surface area contributed by atoms with Crippen molar-refractivity contribution in [2.45, 2.75) is 45.1 Å². The molecular weight excluding hydrogens is 719 g/mol. The molecule has 264 valence electrons. The van der Waals surface area contributed by atoms with Gasteiger partial charge in [-0.3, -0.25) is 18.7 Å². The molecule has 0 aliphatic carbocycles. The fourth-order valence-electron chi connectivity index (χ4n) is 5.95. The Morgan fingerprint density at radius 1 is 0.868 bits per heavy atom. The first-order valence-corrected chi connectivity index (χ1v) is 17.6.